The first-order valence-electron chi connectivity index (χ1n) is 5.07. The van der Waals surface area contributed by atoms with Crippen molar-refractivity contribution in [3.63, 3.8) is 0 Å². The van der Waals surface area contributed by atoms with Gasteiger partial charge in [-0.3, -0.25) is 0 Å². The van der Waals surface area contributed by atoms with Gasteiger partial charge < -0.3 is 5.32 Å². The predicted molar refractivity (Wildman–Crippen MR) is 63.2 cm³/mol. The Hall–Kier alpha value is -0.670. The van der Waals surface area contributed by atoms with Gasteiger partial charge in [-0.2, -0.15) is 13.2 Å². The van der Waals surface area contributed by atoms with Crippen LogP contribution in [0.15, 0.2) is 6.20 Å². The number of nitrogens with zero attached hydrogens (tertiary/aromatic N) is 1. The van der Waals surface area contributed by atoms with Crippen LogP contribution in [0.2, 0.25) is 0 Å². The number of aromatic nitrogens is 1. The van der Waals surface area contributed by atoms with Gasteiger partial charge in [0.15, 0.2) is 5.01 Å². The van der Waals surface area contributed by atoms with Crippen molar-refractivity contribution in [2.24, 2.45) is 0 Å². The van der Waals surface area contributed by atoms with Gasteiger partial charge in [-0.1, -0.05) is 6.92 Å². The molecule has 1 aromatic rings. The number of sulfone groups is 1. The second-order valence-corrected chi connectivity index (χ2v) is 7.02. The summed E-state index contributed by atoms with van der Waals surface area (Å²) in [6.45, 7) is 2.21. The van der Waals surface area contributed by atoms with Gasteiger partial charge in [0.25, 0.3) is 0 Å². The van der Waals surface area contributed by atoms with Crippen molar-refractivity contribution >= 4 is 21.2 Å². The molecule has 4 nitrogen and oxygen atoms in total. The zero-order valence-electron chi connectivity index (χ0n) is 9.78. The number of nitrogens with one attached hydrogen (secondary N) is 1. The largest absolute Gasteiger partial charge is 0.443 e. The molecule has 1 aromatic heterocycles. The molecule has 0 spiro atoms. The van der Waals surface area contributed by atoms with E-state index in [2.05, 4.69) is 10.3 Å². The van der Waals surface area contributed by atoms with E-state index in [1.54, 1.807) is 6.92 Å². The Balaban J connectivity index is 2.96. The second-order valence-electron chi connectivity index (χ2n) is 3.77. The van der Waals surface area contributed by atoms with Gasteiger partial charge in [0.05, 0.1) is 11.8 Å². The van der Waals surface area contributed by atoms with Crippen molar-refractivity contribution in [3.05, 3.63) is 16.1 Å². The third-order valence-electron chi connectivity index (χ3n) is 2.03. The Bertz CT molecular complexity index is 496. The summed E-state index contributed by atoms with van der Waals surface area (Å²) in [5.41, 5.74) is 0. The molecule has 1 unspecified atom stereocenters. The van der Waals surface area contributed by atoms with Gasteiger partial charge in [0, 0.05) is 17.3 Å². The van der Waals surface area contributed by atoms with Crippen molar-refractivity contribution in [1.82, 2.24) is 10.3 Å². The maximum absolute atomic E-state index is 12.4. The van der Waals surface area contributed by atoms with Crippen molar-refractivity contribution in [2.75, 3.05) is 18.6 Å². The Morgan fingerprint density at radius 3 is 2.50 bits per heavy atom. The van der Waals surface area contributed by atoms with Crippen molar-refractivity contribution in [1.29, 1.82) is 0 Å². The minimum atomic E-state index is -4.50. The van der Waals surface area contributed by atoms with Crippen LogP contribution in [0.1, 0.15) is 22.9 Å². The molecule has 104 valence electrons. The fraction of sp³-hybridized carbons (Fsp3) is 0.667. The Morgan fingerprint density at radius 1 is 1.50 bits per heavy atom. The van der Waals surface area contributed by atoms with Crippen LogP contribution in [0.25, 0.3) is 0 Å². The fourth-order valence-corrected chi connectivity index (χ4v) is 3.24. The van der Waals surface area contributed by atoms with Crippen molar-refractivity contribution < 1.29 is 21.6 Å². The molecule has 0 fully saturated rings. The highest BCUT2D eigenvalue weighted by molar-refractivity contribution is 7.90. The minimum absolute atomic E-state index is 0.250. The molecule has 0 bridgehead atoms. The van der Waals surface area contributed by atoms with Crippen LogP contribution < -0.4 is 5.32 Å². The zero-order chi connectivity index (χ0) is 14.0. The van der Waals surface area contributed by atoms with Crippen LogP contribution in [0.4, 0.5) is 13.2 Å². The Morgan fingerprint density at radius 2 is 2.11 bits per heavy atom. The predicted octanol–water partition coefficient (Wildman–Crippen LogP) is 1.86. The first kappa shape index (κ1) is 15.4. The summed E-state index contributed by atoms with van der Waals surface area (Å²) >= 11 is 0.466. The lowest BCUT2D eigenvalue weighted by Gasteiger charge is -2.14. The monoisotopic (exact) mass is 302 g/mol. The fourth-order valence-electron chi connectivity index (χ4n) is 1.37. The smallest absolute Gasteiger partial charge is 0.309 e. The summed E-state index contributed by atoms with van der Waals surface area (Å²) in [5.74, 6) is -0.250. The third-order valence-corrected chi connectivity index (χ3v) is 4.12. The van der Waals surface area contributed by atoms with E-state index in [0.29, 0.717) is 17.9 Å². The summed E-state index contributed by atoms with van der Waals surface area (Å²) in [4.78, 5) is 3.55. The summed E-state index contributed by atoms with van der Waals surface area (Å²) < 4.78 is 59.6. The number of alkyl halides is 3. The highest BCUT2D eigenvalue weighted by atomic mass is 32.2. The van der Waals surface area contributed by atoms with Gasteiger partial charge in [-0.05, 0) is 6.54 Å². The normalized spacial score (nSPS) is 14.7. The first-order valence-corrected chi connectivity index (χ1v) is 7.95. The summed E-state index contributed by atoms with van der Waals surface area (Å²) in [7, 11) is -3.28. The lowest BCUT2D eigenvalue weighted by molar-refractivity contribution is -0.137. The van der Waals surface area contributed by atoms with E-state index < -0.39 is 27.1 Å². The molecule has 0 aromatic carbocycles. The number of thiazole rings is 1. The van der Waals surface area contributed by atoms with Crippen LogP contribution in [0.3, 0.4) is 0 Å². The van der Waals surface area contributed by atoms with Crippen molar-refractivity contribution in [3.8, 4) is 0 Å². The molecule has 0 saturated heterocycles. The van der Waals surface area contributed by atoms with E-state index in [1.165, 1.54) is 0 Å². The zero-order valence-corrected chi connectivity index (χ0v) is 11.4. The van der Waals surface area contributed by atoms with E-state index in [0.717, 1.165) is 12.5 Å². The van der Waals surface area contributed by atoms with E-state index >= 15 is 0 Å². The molecule has 1 heterocycles. The lowest BCUT2D eigenvalue weighted by atomic mass is 10.3. The summed E-state index contributed by atoms with van der Waals surface area (Å²) in [5, 5.41) is 1.88. The van der Waals surface area contributed by atoms with Gasteiger partial charge >= 0.3 is 6.18 Å². The van der Waals surface area contributed by atoms with E-state index in [1.807, 2.05) is 0 Å². The third kappa shape index (κ3) is 4.54. The quantitative estimate of drug-likeness (QED) is 0.902. The molecule has 1 atom stereocenters. The van der Waals surface area contributed by atoms with Crippen LogP contribution >= 0.6 is 11.3 Å². The topological polar surface area (TPSA) is 59.1 Å². The molecule has 1 rings (SSSR count). The van der Waals surface area contributed by atoms with Crippen LogP contribution in [0, 0.1) is 0 Å². The molecular weight excluding hydrogens is 289 g/mol. The number of halogens is 3. The standard InChI is InChI=1S/C9H13F3N2O2S2/c1-3-13-6(5-18(2,15)16)7-4-14-8(17-7)9(10,11)12/h4,6,13H,3,5H2,1-2H3. The molecule has 0 aliphatic carbocycles. The molecule has 0 aliphatic rings. The molecule has 9 heteroatoms. The first-order chi connectivity index (χ1) is 8.13. The van der Waals surface area contributed by atoms with Gasteiger partial charge in [-0.15, -0.1) is 11.3 Å². The summed E-state index contributed by atoms with van der Waals surface area (Å²) in [6, 6.07) is -0.654. The lowest BCUT2D eigenvalue weighted by Crippen LogP contribution is -2.26. The van der Waals surface area contributed by atoms with Gasteiger partial charge in [0.2, 0.25) is 0 Å². The number of rotatable bonds is 5. The maximum Gasteiger partial charge on any atom is 0.443 e. The maximum atomic E-state index is 12.4. The highest BCUT2D eigenvalue weighted by Crippen LogP contribution is 2.34. The molecule has 0 aliphatic heterocycles. The molecular formula is C9H13F3N2O2S2. The number of hydrogen-bond donors (Lipinski definition) is 1. The number of hydrogen-bond acceptors (Lipinski definition) is 5. The van der Waals surface area contributed by atoms with Crippen LogP contribution in [0.5, 0.6) is 0 Å². The highest BCUT2D eigenvalue weighted by Gasteiger charge is 2.35. The molecule has 0 radical (unpaired) electrons. The van der Waals surface area contributed by atoms with Crippen LogP contribution in [-0.4, -0.2) is 32.0 Å². The van der Waals surface area contributed by atoms with Gasteiger partial charge in [-0.25, -0.2) is 13.4 Å². The molecule has 1 N–H and O–H groups in total. The molecule has 0 amide bonds. The molecule has 18 heavy (non-hydrogen) atoms. The second kappa shape index (κ2) is 5.54. The van der Waals surface area contributed by atoms with Crippen molar-refractivity contribution in [2.45, 2.75) is 19.1 Å². The van der Waals surface area contributed by atoms with E-state index in [-0.39, 0.29) is 10.6 Å². The van der Waals surface area contributed by atoms with Gasteiger partial charge in [0.1, 0.15) is 9.84 Å². The SMILES string of the molecule is CCNC(CS(C)(=O)=O)c1cnc(C(F)(F)F)s1. The average Bonchev–Trinajstić information content (AvgIpc) is 2.62. The molecule has 0 saturated carbocycles. The minimum Gasteiger partial charge on any atom is -0.309 e. The summed E-state index contributed by atoms with van der Waals surface area (Å²) in [6.07, 6.45) is -2.38. The van der Waals surface area contributed by atoms with E-state index in [9.17, 15) is 21.6 Å². The van der Waals surface area contributed by atoms with Crippen LogP contribution in [-0.2, 0) is 16.0 Å². The average molecular weight is 302 g/mol. The Labute approximate surface area is 107 Å². The van der Waals surface area contributed by atoms with E-state index in [4.69, 9.17) is 0 Å². The Kier molecular flexibility index (Phi) is 4.73.